The molecule has 1 aromatic heterocycles. The Morgan fingerprint density at radius 3 is 2.35 bits per heavy atom. The molecule has 2 aromatic carbocycles. The van der Waals surface area contributed by atoms with Crippen LogP contribution in [-0.4, -0.2) is 27.0 Å². The highest BCUT2D eigenvalue weighted by Gasteiger charge is 2.09. The minimum atomic E-state index is 0.226. The summed E-state index contributed by atoms with van der Waals surface area (Å²) in [7, 11) is 1.63. The molecule has 20 heavy (non-hydrogen) atoms. The lowest BCUT2D eigenvalue weighted by Crippen LogP contribution is -1.99. The van der Waals surface area contributed by atoms with Crippen LogP contribution in [0.1, 0.15) is 0 Å². The second-order valence-corrected chi connectivity index (χ2v) is 4.24. The molecule has 5 heteroatoms. The zero-order valence-corrected chi connectivity index (χ0v) is 10.9. The van der Waals surface area contributed by atoms with Crippen LogP contribution >= 0.6 is 0 Å². The number of rotatable bonds is 3. The van der Waals surface area contributed by atoms with Crippen LogP contribution in [0.25, 0.3) is 17.1 Å². The molecular formula is C15H13N3O2. The fraction of sp³-hybridized carbons (Fsp3) is 0.0667. The minimum absolute atomic E-state index is 0.226. The van der Waals surface area contributed by atoms with Gasteiger partial charge in [-0.15, -0.1) is 0 Å². The van der Waals surface area contributed by atoms with Crippen molar-refractivity contribution in [2.75, 3.05) is 7.11 Å². The zero-order valence-electron chi connectivity index (χ0n) is 10.9. The molecule has 0 fully saturated rings. The molecule has 0 spiro atoms. The summed E-state index contributed by atoms with van der Waals surface area (Å²) in [6.07, 6.45) is 1.51. The van der Waals surface area contributed by atoms with Gasteiger partial charge in [0.1, 0.15) is 17.8 Å². The first-order valence-corrected chi connectivity index (χ1v) is 6.12. The number of methoxy groups -OCH3 is 1. The highest BCUT2D eigenvalue weighted by Crippen LogP contribution is 2.23. The monoisotopic (exact) mass is 267 g/mol. The Kier molecular flexibility index (Phi) is 3.09. The lowest BCUT2D eigenvalue weighted by molar-refractivity contribution is 0.414. The number of benzene rings is 2. The van der Waals surface area contributed by atoms with Crippen LogP contribution in [0.3, 0.4) is 0 Å². The van der Waals surface area contributed by atoms with E-state index < -0.39 is 0 Å². The first-order chi connectivity index (χ1) is 9.78. The summed E-state index contributed by atoms with van der Waals surface area (Å²) in [5.41, 5.74) is 1.78. The summed E-state index contributed by atoms with van der Waals surface area (Å²) in [6, 6.07) is 14.4. The SMILES string of the molecule is COc1ccc(-n2ncnc2-c2ccc(O)cc2)cc1. The molecule has 100 valence electrons. The Labute approximate surface area is 116 Å². The smallest absolute Gasteiger partial charge is 0.163 e. The molecule has 1 heterocycles. The Bertz CT molecular complexity index is 703. The molecule has 0 bridgehead atoms. The van der Waals surface area contributed by atoms with Gasteiger partial charge in [-0.05, 0) is 48.5 Å². The summed E-state index contributed by atoms with van der Waals surface area (Å²) in [5, 5.41) is 13.6. The molecule has 0 saturated heterocycles. The summed E-state index contributed by atoms with van der Waals surface area (Å²) in [4.78, 5) is 4.27. The first-order valence-electron chi connectivity index (χ1n) is 6.12. The van der Waals surface area contributed by atoms with Crippen LogP contribution in [0.15, 0.2) is 54.9 Å². The highest BCUT2D eigenvalue weighted by molar-refractivity contribution is 5.58. The number of aromatic hydroxyl groups is 1. The number of nitrogens with zero attached hydrogens (tertiary/aromatic N) is 3. The van der Waals surface area contributed by atoms with Gasteiger partial charge in [0.2, 0.25) is 0 Å². The van der Waals surface area contributed by atoms with Crippen LogP contribution in [0.5, 0.6) is 11.5 Å². The number of ether oxygens (including phenoxy) is 1. The fourth-order valence-electron chi connectivity index (χ4n) is 1.96. The van der Waals surface area contributed by atoms with Crippen LogP contribution in [0.2, 0.25) is 0 Å². The van der Waals surface area contributed by atoms with Gasteiger partial charge in [0, 0.05) is 5.56 Å². The molecule has 0 atom stereocenters. The van der Waals surface area contributed by atoms with E-state index in [0.717, 1.165) is 22.8 Å². The van der Waals surface area contributed by atoms with Gasteiger partial charge in [0.15, 0.2) is 5.82 Å². The lowest BCUT2D eigenvalue weighted by atomic mass is 10.2. The molecule has 1 N–H and O–H groups in total. The maximum atomic E-state index is 9.34. The summed E-state index contributed by atoms with van der Waals surface area (Å²) < 4.78 is 6.88. The standard InChI is InChI=1S/C15H13N3O2/c1-20-14-8-4-12(5-9-14)18-15(16-10-17-18)11-2-6-13(19)7-3-11/h2-10,19H,1H3. The minimum Gasteiger partial charge on any atom is -0.508 e. The van der Waals surface area contributed by atoms with E-state index in [-0.39, 0.29) is 5.75 Å². The van der Waals surface area contributed by atoms with Crippen LogP contribution in [-0.2, 0) is 0 Å². The van der Waals surface area contributed by atoms with Crippen molar-refractivity contribution in [1.82, 2.24) is 14.8 Å². The van der Waals surface area contributed by atoms with Gasteiger partial charge in [-0.3, -0.25) is 0 Å². The van der Waals surface area contributed by atoms with E-state index in [0.29, 0.717) is 0 Å². The van der Waals surface area contributed by atoms with E-state index in [1.165, 1.54) is 6.33 Å². The van der Waals surface area contributed by atoms with Crippen LogP contribution < -0.4 is 4.74 Å². The maximum Gasteiger partial charge on any atom is 0.163 e. The average molecular weight is 267 g/mol. The zero-order chi connectivity index (χ0) is 13.9. The fourth-order valence-corrected chi connectivity index (χ4v) is 1.96. The van der Waals surface area contributed by atoms with Crippen molar-refractivity contribution in [3.05, 3.63) is 54.9 Å². The average Bonchev–Trinajstić information content (AvgIpc) is 2.97. The van der Waals surface area contributed by atoms with Gasteiger partial charge < -0.3 is 9.84 Å². The molecule has 0 saturated carbocycles. The van der Waals surface area contributed by atoms with Gasteiger partial charge in [-0.1, -0.05) is 0 Å². The second-order valence-electron chi connectivity index (χ2n) is 4.24. The van der Waals surface area contributed by atoms with Crippen LogP contribution in [0.4, 0.5) is 0 Å². The van der Waals surface area contributed by atoms with Crippen molar-refractivity contribution in [1.29, 1.82) is 0 Å². The third kappa shape index (κ3) is 2.21. The van der Waals surface area contributed by atoms with Gasteiger partial charge in [0.25, 0.3) is 0 Å². The number of phenolic OH excluding ortho intramolecular Hbond substituents is 1. The quantitative estimate of drug-likeness (QED) is 0.792. The molecule has 3 rings (SSSR count). The normalized spacial score (nSPS) is 10.4. The van der Waals surface area contributed by atoms with Crippen molar-refractivity contribution in [3.8, 4) is 28.6 Å². The van der Waals surface area contributed by atoms with Crippen molar-refractivity contribution in [2.45, 2.75) is 0 Å². The van der Waals surface area contributed by atoms with Crippen LogP contribution in [0, 0.1) is 0 Å². The molecule has 0 radical (unpaired) electrons. The number of phenols is 1. The molecule has 0 aliphatic heterocycles. The first kappa shape index (κ1) is 12.2. The van der Waals surface area contributed by atoms with Gasteiger partial charge in [0.05, 0.1) is 12.8 Å². The summed E-state index contributed by atoms with van der Waals surface area (Å²) in [6.45, 7) is 0. The molecule has 0 aliphatic carbocycles. The summed E-state index contributed by atoms with van der Waals surface area (Å²) in [5.74, 6) is 1.74. The summed E-state index contributed by atoms with van der Waals surface area (Å²) >= 11 is 0. The Hall–Kier alpha value is -2.82. The molecule has 0 aliphatic rings. The molecule has 0 amide bonds. The highest BCUT2D eigenvalue weighted by atomic mass is 16.5. The topological polar surface area (TPSA) is 60.2 Å². The van der Waals surface area contributed by atoms with Crippen molar-refractivity contribution in [3.63, 3.8) is 0 Å². The predicted molar refractivity (Wildman–Crippen MR) is 75.0 cm³/mol. The van der Waals surface area contributed by atoms with E-state index in [1.54, 1.807) is 36.1 Å². The van der Waals surface area contributed by atoms with E-state index in [1.807, 2.05) is 24.3 Å². The third-order valence-corrected chi connectivity index (χ3v) is 2.99. The van der Waals surface area contributed by atoms with E-state index >= 15 is 0 Å². The van der Waals surface area contributed by atoms with Crippen molar-refractivity contribution in [2.24, 2.45) is 0 Å². The van der Waals surface area contributed by atoms with E-state index in [2.05, 4.69) is 10.1 Å². The molecule has 5 nitrogen and oxygen atoms in total. The van der Waals surface area contributed by atoms with Gasteiger partial charge in [-0.2, -0.15) is 5.10 Å². The van der Waals surface area contributed by atoms with Crippen molar-refractivity contribution >= 4 is 0 Å². The van der Waals surface area contributed by atoms with E-state index in [4.69, 9.17) is 4.74 Å². The molecule has 0 unspecified atom stereocenters. The lowest BCUT2D eigenvalue weighted by Gasteiger charge is -2.07. The van der Waals surface area contributed by atoms with Gasteiger partial charge in [-0.25, -0.2) is 9.67 Å². The number of hydrogen-bond donors (Lipinski definition) is 1. The number of hydrogen-bond acceptors (Lipinski definition) is 4. The molecule has 3 aromatic rings. The predicted octanol–water partition coefficient (Wildman–Crippen LogP) is 2.65. The Morgan fingerprint density at radius 2 is 1.70 bits per heavy atom. The molecular weight excluding hydrogens is 254 g/mol. The van der Waals surface area contributed by atoms with Crippen molar-refractivity contribution < 1.29 is 9.84 Å². The Morgan fingerprint density at radius 1 is 1.00 bits per heavy atom. The largest absolute Gasteiger partial charge is 0.508 e. The van der Waals surface area contributed by atoms with Gasteiger partial charge >= 0.3 is 0 Å². The number of aromatic nitrogens is 3. The Balaban J connectivity index is 2.02. The maximum absolute atomic E-state index is 9.34. The van der Waals surface area contributed by atoms with E-state index in [9.17, 15) is 5.11 Å². The second kappa shape index (κ2) is 5.05. The third-order valence-electron chi connectivity index (χ3n) is 2.99.